The molecule has 0 saturated carbocycles. The molecule has 1 aromatic carbocycles. The molecule has 0 saturated heterocycles. The Morgan fingerprint density at radius 1 is 1.33 bits per heavy atom. The lowest BCUT2D eigenvalue weighted by molar-refractivity contribution is 0.335. The molecule has 2 aromatic rings. The zero-order valence-electron chi connectivity index (χ0n) is 10.4. The Labute approximate surface area is 105 Å². The van der Waals surface area contributed by atoms with Gasteiger partial charge in [-0.15, -0.1) is 0 Å². The summed E-state index contributed by atoms with van der Waals surface area (Å²) >= 11 is 0. The molecule has 1 heterocycles. The molecule has 2 rings (SSSR count). The summed E-state index contributed by atoms with van der Waals surface area (Å²) in [6.07, 6.45) is 0.749. The van der Waals surface area contributed by atoms with E-state index in [9.17, 15) is 4.39 Å². The van der Waals surface area contributed by atoms with Crippen LogP contribution in [-0.2, 0) is 0 Å². The molecule has 0 radical (unpaired) electrons. The first-order valence-corrected chi connectivity index (χ1v) is 5.92. The number of rotatable bonds is 4. The van der Waals surface area contributed by atoms with Crippen molar-refractivity contribution in [3.05, 3.63) is 36.0 Å². The van der Waals surface area contributed by atoms with E-state index < -0.39 is 0 Å². The molecule has 0 amide bonds. The second-order valence-electron chi connectivity index (χ2n) is 4.67. The SMILES string of the molecule is CC(C)CC(N)c1nc(-c2ccccc2F)no1. The number of hydrogen-bond acceptors (Lipinski definition) is 4. The highest BCUT2D eigenvalue weighted by Gasteiger charge is 2.18. The highest BCUT2D eigenvalue weighted by molar-refractivity contribution is 5.54. The number of halogens is 1. The van der Waals surface area contributed by atoms with Crippen molar-refractivity contribution >= 4 is 0 Å². The predicted molar refractivity (Wildman–Crippen MR) is 66.1 cm³/mol. The van der Waals surface area contributed by atoms with Gasteiger partial charge >= 0.3 is 0 Å². The largest absolute Gasteiger partial charge is 0.337 e. The molecular formula is C13H16FN3O. The van der Waals surface area contributed by atoms with E-state index in [1.54, 1.807) is 18.2 Å². The van der Waals surface area contributed by atoms with Crippen LogP contribution < -0.4 is 5.73 Å². The standard InChI is InChI=1S/C13H16FN3O/c1-8(2)7-11(15)13-16-12(17-18-13)9-5-3-4-6-10(9)14/h3-6,8,11H,7,15H2,1-2H3. The molecule has 0 aliphatic heterocycles. The molecule has 0 fully saturated rings. The topological polar surface area (TPSA) is 64.9 Å². The van der Waals surface area contributed by atoms with E-state index in [2.05, 4.69) is 24.0 Å². The third kappa shape index (κ3) is 2.73. The molecule has 4 nitrogen and oxygen atoms in total. The minimum absolute atomic E-state index is 0.238. The Kier molecular flexibility index (Phi) is 3.72. The van der Waals surface area contributed by atoms with Crippen molar-refractivity contribution in [1.82, 2.24) is 10.1 Å². The second kappa shape index (κ2) is 5.27. The van der Waals surface area contributed by atoms with Gasteiger partial charge in [-0.05, 0) is 24.5 Å². The van der Waals surface area contributed by atoms with Crippen LogP contribution in [0, 0.1) is 11.7 Å². The van der Waals surface area contributed by atoms with Crippen LogP contribution >= 0.6 is 0 Å². The monoisotopic (exact) mass is 249 g/mol. The van der Waals surface area contributed by atoms with E-state index in [1.165, 1.54) is 6.07 Å². The third-order valence-corrected chi connectivity index (χ3v) is 2.60. The van der Waals surface area contributed by atoms with Crippen molar-refractivity contribution in [2.24, 2.45) is 11.7 Å². The molecule has 1 unspecified atom stereocenters. The van der Waals surface area contributed by atoms with Crippen LogP contribution in [0.15, 0.2) is 28.8 Å². The first-order chi connectivity index (χ1) is 8.58. The van der Waals surface area contributed by atoms with Gasteiger partial charge in [0.2, 0.25) is 11.7 Å². The summed E-state index contributed by atoms with van der Waals surface area (Å²) in [5.74, 6) is 0.648. The molecule has 0 aliphatic rings. The van der Waals surface area contributed by atoms with Crippen LogP contribution in [0.4, 0.5) is 4.39 Å². The quantitative estimate of drug-likeness (QED) is 0.904. The summed E-state index contributed by atoms with van der Waals surface area (Å²) in [6, 6.07) is 6.00. The van der Waals surface area contributed by atoms with Crippen LogP contribution in [0.1, 0.15) is 32.2 Å². The molecule has 0 bridgehead atoms. The van der Waals surface area contributed by atoms with Crippen molar-refractivity contribution in [2.75, 3.05) is 0 Å². The predicted octanol–water partition coefficient (Wildman–Crippen LogP) is 2.92. The van der Waals surface area contributed by atoms with Crippen molar-refractivity contribution in [2.45, 2.75) is 26.3 Å². The Hall–Kier alpha value is -1.75. The lowest BCUT2D eigenvalue weighted by atomic mass is 10.0. The van der Waals surface area contributed by atoms with E-state index in [0.29, 0.717) is 17.4 Å². The van der Waals surface area contributed by atoms with Gasteiger partial charge in [0.25, 0.3) is 0 Å². The number of benzene rings is 1. The maximum Gasteiger partial charge on any atom is 0.243 e. The van der Waals surface area contributed by atoms with Gasteiger partial charge in [0.05, 0.1) is 11.6 Å². The summed E-state index contributed by atoms with van der Waals surface area (Å²) in [6.45, 7) is 4.13. The van der Waals surface area contributed by atoms with Gasteiger partial charge < -0.3 is 10.3 Å². The van der Waals surface area contributed by atoms with Crippen molar-refractivity contribution in [1.29, 1.82) is 0 Å². The summed E-state index contributed by atoms with van der Waals surface area (Å²) < 4.78 is 18.6. The highest BCUT2D eigenvalue weighted by atomic mass is 19.1. The minimum Gasteiger partial charge on any atom is -0.337 e. The Balaban J connectivity index is 2.23. The molecule has 96 valence electrons. The van der Waals surface area contributed by atoms with Crippen molar-refractivity contribution in [3.8, 4) is 11.4 Å². The first kappa shape index (κ1) is 12.7. The van der Waals surface area contributed by atoms with Gasteiger partial charge in [0.1, 0.15) is 5.82 Å². The first-order valence-electron chi connectivity index (χ1n) is 5.92. The fraction of sp³-hybridized carbons (Fsp3) is 0.385. The van der Waals surface area contributed by atoms with Gasteiger partial charge in [-0.25, -0.2) is 4.39 Å². The van der Waals surface area contributed by atoms with E-state index in [0.717, 1.165) is 6.42 Å². The van der Waals surface area contributed by atoms with E-state index in [4.69, 9.17) is 10.3 Å². The second-order valence-corrected chi connectivity index (χ2v) is 4.67. The minimum atomic E-state index is -0.373. The molecule has 5 heteroatoms. The zero-order valence-corrected chi connectivity index (χ0v) is 10.4. The highest BCUT2D eigenvalue weighted by Crippen LogP contribution is 2.22. The van der Waals surface area contributed by atoms with E-state index >= 15 is 0 Å². The fourth-order valence-corrected chi connectivity index (χ4v) is 1.75. The maximum absolute atomic E-state index is 13.5. The van der Waals surface area contributed by atoms with Gasteiger partial charge in [0.15, 0.2) is 0 Å². The summed E-state index contributed by atoms with van der Waals surface area (Å²) in [7, 11) is 0. The van der Waals surface area contributed by atoms with Crippen LogP contribution in [0.25, 0.3) is 11.4 Å². The average molecular weight is 249 g/mol. The summed E-state index contributed by atoms with van der Waals surface area (Å²) in [5.41, 5.74) is 6.26. The average Bonchev–Trinajstić information content (AvgIpc) is 2.78. The van der Waals surface area contributed by atoms with Crippen LogP contribution in [-0.4, -0.2) is 10.1 Å². The Morgan fingerprint density at radius 3 is 2.72 bits per heavy atom. The van der Waals surface area contributed by atoms with Crippen molar-refractivity contribution in [3.63, 3.8) is 0 Å². The van der Waals surface area contributed by atoms with Crippen LogP contribution in [0.2, 0.25) is 0 Å². The van der Waals surface area contributed by atoms with Gasteiger partial charge in [-0.2, -0.15) is 4.98 Å². The summed E-state index contributed by atoms with van der Waals surface area (Å²) in [5, 5.41) is 3.77. The number of nitrogens with zero attached hydrogens (tertiary/aromatic N) is 2. The number of nitrogens with two attached hydrogens (primary N) is 1. The van der Waals surface area contributed by atoms with Crippen molar-refractivity contribution < 1.29 is 8.91 Å². The number of hydrogen-bond donors (Lipinski definition) is 1. The lowest BCUT2D eigenvalue weighted by Gasteiger charge is -2.08. The smallest absolute Gasteiger partial charge is 0.243 e. The Morgan fingerprint density at radius 2 is 2.06 bits per heavy atom. The van der Waals surface area contributed by atoms with Crippen LogP contribution in [0.3, 0.4) is 0 Å². The van der Waals surface area contributed by atoms with Gasteiger partial charge in [-0.1, -0.05) is 31.1 Å². The molecule has 18 heavy (non-hydrogen) atoms. The number of aromatic nitrogens is 2. The molecule has 1 aromatic heterocycles. The zero-order chi connectivity index (χ0) is 13.1. The normalized spacial score (nSPS) is 12.9. The molecule has 2 N–H and O–H groups in total. The van der Waals surface area contributed by atoms with E-state index in [-0.39, 0.29) is 17.7 Å². The molecule has 0 aliphatic carbocycles. The Bertz CT molecular complexity index is 524. The lowest BCUT2D eigenvalue weighted by Crippen LogP contribution is -2.13. The third-order valence-electron chi connectivity index (χ3n) is 2.60. The van der Waals surface area contributed by atoms with Gasteiger partial charge in [-0.3, -0.25) is 0 Å². The molecule has 1 atom stereocenters. The maximum atomic E-state index is 13.5. The van der Waals surface area contributed by atoms with Gasteiger partial charge in [0, 0.05) is 0 Å². The van der Waals surface area contributed by atoms with Crippen LogP contribution in [0.5, 0.6) is 0 Å². The van der Waals surface area contributed by atoms with E-state index in [1.807, 2.05) is 0 Å². The fourth-order valence-electron chi connectivity index (χ4n) is 1.75. The molecular weight excluding hydrogens is 233 g/mol. The summed E-state index contributed by atoms with van der Waals surface area (Å²) in [4.78, 5) is 4.15. The molecule has 0 spiro atoms.